The molecule has 4 bridgehead atoms. The zero-order valence-electron chi connectivity index (χ0n) is 17.7. The second kappa shape index (κ2) is 8.92. The van der Waals surface area contributed by atoms with Crippen molar-refractivity contribution >= 4 is 52.5 Å². The van der Waals surface area contributed by atoms with Crippen molar-refractivity contribution in [2.75, 3.05) is 11.1 Å². The smallest absolute Gasteiger partial charge is 0.256 e. The summed E-state index contributed by atoms with van der Waals surface area (Å²) in [7, 11) is 0. The molecule has 0 atom stereocenters. The molecule has 6 rings (SSSR count). The van der Waals surface area contributed by atoms with Gasteiger partial charge in [0.2, 0.25) is 5.91 Å². The van der Waals surface area contributed by atoms with E-state index in [1.165, 1.54) is 31.0 Å². The molecule has 7 heteroatoms. The van der Waals surface area contributed by atoms with Gasteiger partial charge in [0, 0.05) is 15.5 Å². The molecule has 4 nitrogen and oxygen atoms in total. The minimum absolute atomic E-state index is 0.00656. The van der Waals surface area contributed by atoms with Crippen LogP contribution < -0.4 is 10.6 Å². The highest BCUT2D eigenvalue weighted by molar-refractivity contribution is 8.00. The van der Waals surface area contributed by atoms with Crippen molar-refractivity contribution in [3.63, 3.8) is 0 Å². The Morgan fingerprint density at radius 1 is 0.969 bits per heavy atom. The van der Waals surface area contributed by atoms with Crippen LogP contribution in [0.15, 0.2) is 47.4 Å². The van der Waals surface area contributed by atoms with Crippen molar-refractivity contribution in [1.29, 1.82) is 0 Å². The average Bonchev–Trinajstić information content (AvgIpc) is 2.74. The Balaban J connectivity index is 1.23. The van der Waals surface area contributed by atoms with Crippen LogP contribution in [0.25, 0.3) is 0 Å². The third-order valence-electron chi connectivity index (χ3n) is 7.11. The SMILES string of the molecule is O=C(CSc1ccccc1C(=O)Nc1cc(Cl)ccc1Cl)NC12CC3CC(CC(C3)C1)C2. The highest BCUT2D eigenvalue weighted by Crippen LogP contribution is 2.55. The molecule has 4 saturated carbocycles. The number of benzene rings is 2. The summed E-state index contributed by atoms with van der Waals surface area (Å²) in [4.78, 5) is 26.6. The highest BCUT2D eigenvalue weighted by Gasteiger charge is 2.51. The van der Waals surface area contributed by atoms with E-state index in [1.54, 1.807) is 24.3 Å². The van der Waals surface area contributed by atoms with Crippen LogP contribution in [-0.2, 0) is 4.79 Å². The van der Waals surface area contributed by atoms with E-state index >= 15 is 0 Å². The van der Waals surface area contributed by atoms with E-state index in [4.69, 9.17) is 23.2 Å². The zero-order chi connectivity index (χ0) is 22.3. The standard InChI is InChI=1S/C25H26Cl2N2O2S/c26-18-5-6-20(27)21(10-18)28-24(31)19-3-1-2-4-22(19)32-14-23(30)29-25-11-15-7-16(12-25)9-17(8-15)13-25/h1-6,10,15-17H,7-9,11-14H2,(H,28,31)(H,29,30). The van der Waals surface area contributed by atoms with E-state index in [2.05, 4.69) is 10.6 Å². The number of hydrogen-bond acceptors (Lipinski definition) is 3. The molecule has 0 heterocycles. The van der Waals surface area contributed by atoms with Gasteiger partial charge in [-0.25, -0.2) is 0 Å². The van der Waals surface area contributed by atoms with Crippen molar-refractivity contribution in [3.8, 4) is 0 Å². The van der Waals surface area contributed by atoms with Crippen molar-refractivity contribution in [1.82, 2.24) is 5.32 Å². The number of rotatable bonds is 6. The molecule has 4 aliphatic carbocycles. The molecule has 0 unspecified atom stereocenters. The largest absolute Gasteiger partial charge is 0.350 e. The molecule has 4 aliphatic rings. The van der Waals surface area contributed by atoms with Gasteiger partial charge in [-0.1, -0.05) is 35.3 Å². The van der Waals surface area contributed by atoms with Crippen molar-refractivity contribution < 1.29 is 9.59 Å². The molecule has 2 N–H and O–H groups in total. The fourth-order valence-electron chi connectivity index (χ4n) is 6.30. The summed E-state index contributed by atoms with van der Waals surface area (Å²) in [6, 6.07) is 12.3. The fourth-order valence-corrected chi connectivity index (χ4v) is 7.49. The van der Waals surface area contributed by atoms with Crippen LogP contribution in [0.3, 0.4) is 0 Å². The number of halogens is 2. The van der Waals surface area contributed by atoms with Gasteiger partial charge in [0.15, 0.2) is 0 Å². The third kappa shape index (κ3) is 4.66. The number of carbonyl (C=O) groups excluding carboxylic acids is 2. The molecular weight excluding hydrogens is 463 g/mol. The molecule has 168 valence electrons. The van der Waals surface area contributed by atoms with Gasteiger partial charge >= 0.3 is 0 Å². The van der Waals surface area contributed by atoms with Crippen LogP contribution in [-0.4, -0.2) is 23.1 Å². The summed E-state index contributed by atoms with van der Waals surface area (Å²) >= 11 is 13.6. The summed E-state index contributed by atoms with van der Waals surface area (Å²) in [6.45, 7) is 0. The Morgan fingerprint density at radius 3 is 2.31 bits per heavy atom. The molecule has 0 aromatic heterocycles. The van der Waals surface area contributed by atoms with E-state index < -0.39 is 0 Å². The lowest BCUT2D eigenvalue weighted by Gasteiger charge is -2.56. The molecule has 0 radical (unpaired) electrons. The Morgan fingerprint density at radius 2 is 1.62 bits per heavy atom. The Kier molecular flexibility index (Phi) is 6.17. The van der Waals surface area contributed by atoms with Gasteiger partial charge < -0.3 is 10.6 Å². The van der Waals surface area contributed by atoms with Gasteiger partial charge in [0.1, 0.15) is 0 Å². The Hall–Kier alpha value is -1.69. The lowest BCUT2D eigenvalue weighted by atomic mass is 9.53. The van der Waals surface area contributed by atoms with Gasteiger partial charge in [0.05, 0.1) is 22.0 Å². The molecule has 0 saturated heterocycles. The molecule has 2 amide bonds. The topological polar surface area (TPSA) is 58.2 Å². The minimum Gasteiger partial charge on any atom is -0.350 e. The van der Waals surface area contributed by atoms with E-state index in [9.17, 15) is 9.59 Å². The normalized spacial score (nSPS) is 27.9. The quantitative estimate of drug-likeness (QED) is 0.460. The number of hydrogen-bond donors (Lipinski definition) is 2. The highest BCUT2D eigenvalue weighted by atomic mass is 35.5. The van der Waals surface area contributed by atoms with Crippen LogP contribution >= 0.6 is 35.0 Å². The van der Waals surface area contributed by atoms with Crippen LogP contribution in [0.5, 0.6) is 0 Å². The van der Waals surface area contributed by atoms with Crippen molar-refractivity contribution in [3.05, 3.63) is 58.1 Å². The Bertz CT molecular complexity index is 1020. The predicted molar refractivity (Wildman–Crippen MR) is 131 cm³/mol. The van der Waals surface area contributed by atoms with Crippen molar-refractivity contribution in [2.24, 2.45) is 17.8 Å². The maximum Gasteiger partial charge on any atom is 0.256 e. The van der Waals surface area contributed by atoms with Crippen molar-refractivity contribution in [2.45, 2.75) is 49.0 Å². The lowest BCUT2D eigenvalue weighted by Crippen LogP contribution is -2.60. The second-order valence-corrected chi connectivity index (χ2v) is 11.5. The van der Waals surface area contributed by atoms with E-state index in [1.807, 2.05) is 18.2 Å². The van der Waals surface area contributed by atoms with Gasteiger partial charge in [-0.2, -0.15) is 0 Å². The minimum atomic E-state index is -0.279. The first kappa shape index (κ1) is 22.1. The number of thioether (sulfide) groups is 1. The Labute approximate surface area is 202 Å². The number of anilines is 1. The first-order chi connectivity index (χ1) is 15.4. The van der Waals surface area contributed by atoms with Crippen LogP contribution in [0.1, 0.15) is 48.9 Å². The van der Waals surface area contributed by atoms with Crippen LogP contribution in [0.2, 0.25) is 10.0 Å². The molecule has 0 aliphatic heterocycles. The summed E-state index contributed by atoms with van der Waals surface area (Å²) in [5, 5.41) is 7.15. The second-order valence-electron chi connectivity index (χ2n) is 9.61. The monoisotopic (exact) mass is 488 g/mol. The summed E-state index contributed by atoms with van der Waals surface area (Å²) in [5.41, 5.74) is 0.978. The summed E-state index contributed by atoms with van der Waals surface area (Å²) in [5.74, 6) is 2.44. The van der Waals surface area contributed by atoms with Gasteiger partial charge in [-0.3, -0.25) is 9.59 Å². The zero-order valence-corrected chi connectivity index (χ0v) is 20.0. The van der Waals surface area contributed by atoms with E-state index in [-0.39, 0.29) is 17.4 Å². The maximum atomic E-state index is 12.9. The molecule has 2 aromatic carbocycles. The van der Waals surface area contributed by atoms with E-state index in [0.717, 1.165) is 41.9 Å². The molecule has 2 aromatic rings. The molecular formula is C25H26Cl2N2O2S. The third-order valence-corrected chi connectivity index (χ3v) is 8.75. The molecule has 32 heavy (non-hydrogen) atoms. The van der Waals surface area contributed by atoms with E-state index in [0.29, 0.717) is 27.0 Å². The fraction of sp³-hybridized carbons (Fsp3) is 0.440. The van der Waals surface area contributed by atoms with Crippen LogP contribution in [0, 0.1) is 17.8 Å². The number of amides is 2. The van der Waals surface area contributed by atoms with Gasteiger partial charge in [-0.15, -0.1) is 11.8 Å². The summed E-state index contributed by atoms with van der Waals surface area (Å²) < 4.78 is 0. The van der Waals surface area contributed by atoms with Crippen LogP contribution in [0.4, 0.5) is 5.69 Å². The first-order valence-corrected chi connectivity index (χ1v) is 12.9. The maximum absolute atomic E-state index is 12.9. The first-order valence-electron chi connectivity index (χ1n) is 11.2. The average molecular weight is 489 g/mol. The number of carbonyl (C=O) groups is 2. The van der Waals surface area contributed by atoms with Gasteiger partial charge in [0.25, 0.3) is 5.91 Å². The summed E-state index contributed by atoms with van der Waals surface area (Å²) in [6.07, 6.45) is 7.45. The molecule has 0 spiro atoms. The number of nitrogens with one attached hydrogen (secondary N) is 2. The lowest BCUT2D eigenvalue weighted by molar-refractivity contribution is -0.124. The molecule has 4 fully saturated rings. The van der Waals surface area contributed by atoms with Gasteiger partial charge in [-0.05, 0) is 86.6 Å². The predicted octanol–water partition coefficient (Wildman–Crippen LogP) is 6.42.